The minimum Gasteiger partial charge on any atom is -0.348 e. The van der Waals surface area contributed by atoms with E-state index in [1.54, 1.807) is 39.0 Å². The molecule has 1 aliphatic rings. The zero-order chi connectivity index (χ0) is 14.3. The smallest absolute Gasteiger partial charge is 0.274 e. The fourth-order valence-corrected chi connectivity index (χ4v) is 3.43. The van der Waals surface area contributed by atoms with Crippen molar-refractivity contribution in [3.63, 3.8) is 0 Å². The quantitative estimate of drug-likeness (QED) is 0.861. The van der Waals surface area contributed by atoms with E-state index in [1.165, 1.54) is 0 Å². The summed E-state index contributed by atoms with van der Waals surface area (Å²) in [4.78, 5) is 0. The highest BCUT2D eigenvalue weighted by Crippen LogP contribution is 2.36. The fourth-order valence-electron chi connectivity index (χ4n) is 2.32. The van der Waals surface area contributed by atoms with Crippen molar-refractivity contribution in [1.82, 2.24) is 0 Å². The van der Waals surface area contributed by atoms with Crippen LogP contribution in [0.4, 0.5) is 0 Å². The van der Waals surface area contributed by atoms with Crippen LogP contribution in [0.5, 0.6) is 0 Å². The zero-order valence-electron chi connectivity index (χ0n) is 11.2. The molecule has 0 spiro atoms. The summed E-state index contributed by atoms with van der Waals surface area (Å²) in [5, 5.41) is -1.13. The molecule has 1 saturated heterocycles. The minimum atomic E-state index is -4.28. The van der Waals surface area contributed by atoms with Crippen LogP contribution in [0.25, 0.3) is 0 Å². The molecule has 1 heterocycles. The average molecular weight is 286 g/mol. The molecule has 0 aromatic heterocycles. The Bertz CT molecular complexity index is 564. The number of aryl methyl sites for hydroxylation is 1. The molecule has 1 fully saturated rings. The lowest BCUT2D eigenvalue weighted by Gasteiger charge is -2.23. The van der Waals surface area contributed by atoms with Gasteiger partial charge in [0, 0.05) is 0 Å². The molecule has 1 N–H and O–H groups in total. The summed E-state index contributed by atoms with van der Waals surface area (Å²) in [6.07, 6.45) is -0.717. The summed E-state index contributed by atoms with van der Waals surface area (Å²) in [6.45, 7) is 5.36. The molecule has 0 amide bonds. The van der Waals surface area contributed by atoms with Gasteiger partial charge in [-0.25, -0.2) is 0 Å². The summed E-state index contributed by atoms with van der Waals surface area (Å²) in [5.41, 5.74) is 1.33. The Morgan fingerprint density at radius 1 is 1.37 bits per heavy atom. The van der Waals surface area contributed by atoms with Gasteiger partial charge in [-0.1, -0.05) is 24.3 Å². The Morgan fingerprint density at radius 3 is 2.47 bits per heavy atom. The van der Waals surface area contributed by atoms with E-state index < -0.39 is 27.3 Å². The van der Waals surface area contributed by atoms with Crippen molar-refractivity contribution in [1.29, 1.82) is 0 Å². The van der Waals surface area contributed by atoms with E-state index in [4.69, 9.17) is 9.47 Å². The van der Waals surface area contributed by atoms with Crippen LogP contribution >= 0.6 is 0 Å². The Balaban J connectivity index is 2.42. The fraction of sp³-hybridized carbons (Fsp3) is 0.538. The maximum Gasteiger partial charge on any atom is 0.274 e. The predicted molar refractivity (Wildman–Crippen MR) is 70.4 cm³/mol. The van der Waals surface area contributed by atoms with Crippen LogP contribution in [0.3, 0.4) is 0 Å². The Hall–Kier alpha value is -0.950. The lowest BCUT2D eigenvalue weighted by molar-refractivity contribution is -0.138. The predicted octanol–water partition coefficient (Wildman–Crippen LogP) is 2.08. The molecule has 0 aliphatic carbocycles. The molecule has 2 rings (SSSR count). The second-order valence-electron chi connectivity index (χ2n) is 5.16. The van der Waals surface area contributed by atoms with Crippen LogP contribution < -0.4 is 0 Å². The third-order valence-electron chi connectivity index (χ3n) is 3.18. The minimum absolute atomic E-state index is 0.131. The first-order chi connectivity index (χ1) is 8.71. The van der Waals surface area contributed by atoms with Crippen LogP contribution in [0.15, 0.2) is 24.3 Å². The first-order valence-electron chi connectivity index (χ1n) is 6.04. The molecular formula is C13H18O5S. The number of hydrogen-bond donors (Lipinski definition) is 1. The molecule has 6 heteroatoms. The normalized spacial score (nSPS) is 24.3. The van der Waals surface area contributed by atoms with E-state index >= 15 is 0 Å². The standard InChI is InChI=1S/C13H18O5S/c1-9-6-4-5-7-10(9)12(19(14,15)16)11-8-17-13(2,3)18-11/h4-7,11-12H,8H2,1-3H3,(H,14,15,16)/t11-,12-/m1/s1. The first kappa shape index (κ1) is 14.5. The molecule has 0 unspecified atom stereocenters. The van der Waals surface area contributed by atoms with E-state index in [2.05, 4.69) is 0 Å². The van der Waals surface area contributed by atoms with E-state index in [0.717, 1.165) is 5.56 Å². The van der Waals surface area contributed by atoms with E-state index in [-0.39, 0.29) is 6.61 Å². The van der Waals surface area contributed by atoms with Gasteiger partial charge in [0.2, 0.25) is 0 Å². The Labute approximate surface area is 113 Å². The summed E-state index contributed by atoms with van der Waals surface area (Å²) in [7, 11) is -4.28. The van der Waals surface area contributed by atoms with Gasteiger partial charge in [-0.3, -0.25) is 4.55 Å². The Kier molecular flexibility index (Phi) is 3.70. The van der Waals surface area contributed by atoms with Gasteiger partial charge in [-0.05, 0) is 31.9 Å². The highest BCUT2D eigenvalue weighted by Gasteiger charge is 2.43. The van der Waals surface area contributed by atoms with Gasteiger partial charge >= 0.3 is 0 Å². The van der Waals surface area contributed by atoms with Crippen molar-refractivity contribution in [2.24, 2.45) is 0 Å². The van der Waals surface area contributed by atoms with Gasteiger partial charge in [0.1, 0.15) is 11.4 Å². The number of rotatable bonds is 3. The maximum absolute atomic E-state index is 11.7. The van der Waals surface area contributed by atoms with E-state index in [0.29, 0.717) is 5.56 Å². The largest absolute Gasteiger partial charge is 0.348 e. The second kappa shape index (κ2) is 4.86. The number of hydrogen-bond acceptors (Lipinski definition) is 4. The van der Waals surface area contributed by atoms with Crippen LogP contribution in [-0.4, -0.2) is 31.5 Å². The van der Waals surface area contributed by atoms with Crippen molar-refractivity contribution in [3.05, 3.63) is 35.4 Å². The highest BCUT2D eigenvalue weighted by atomic mass is 32.2. The number of benzene rings is 1. The zero-order valence-corrected chi connectivity index (χ0v) is 12.0. The average Bonchev–Trinajstić information content (AvgIpc) is 2.60. The van der Waals surface area contributed by atoms with Gasteiger partial charge in [-0.15, -0.1) is 0 Å². The monoisotopic (exact) mass is 286 g/mol. The van der Waals surface area contributed by atoms with Gasteiger partial charge in [0.15, 0.2) is 5.79 Å². The van der Waals surface area contributed by atoms with Gasteiger partial charge in [0.05, 0.1) is 6.61 Å². The molecule has 1 aliphatic heterocycles. The van der Waals surface area contributed by atoms with Crippen molar-refractivity contribution >= 4 is 10.1 Å². The van der Waals surface area contributed by atoms with Crippen LogP contribution in [-0.2, 0) is 19.6 Å². The SMILES string of the molecule is Cc1ccccc1[C@H]([C@H]1COC(C)(C)O1)S(=O)(=O)O. The lowest BCUT2D eigenvalue weighted by Crippen LogP contribution is -2.30. The van der Waals surface area contributed by atoms with Crippen molar-refractivity contribution in [2.45, 2.75) is 37.9 Å². The van der Waals surface area contributed by atoms with Crippen molar-refractivity contribution in [2.75, 3.05) is 6.61 Å². The second-order valence-corrected chi connectivity index (χ2v) is 6.70. The molecule has 0 bridgehead atoms. The van der Waals surface area contributed by atoms with Gasteiger partial charge < -0.3 is 9.47 Å². The molecule has 5 nitrogen and oxygen atoms in total. The Morgan fingerprint density at radius 2 is 2.00 bits per heavy atom. The highest BCUT2D eigenvalue weighted by molar-refractivity contribution is 7.86. The topological polar surface area (TPSA) is 72.8 Å². The molecule has 0 saturated carbocycles. The van der Waals surface area contributed by atoms with Crippen molar-refractivity contribution < 1.29 is 22.4 Å². The van der Waals surface area contributed by atoms with Gasteiger partial charge in [0.25, 0.3) is 10.1 Å². The summed E-state index contributed by atoms with van der Waals surface area (Å²) in [5.74, 6) is -0.837. The summed E-state index contributed by atoms with van der Waals surface area (Å²) in [6, 6.07) is 7.04. The lowest BCUT2D eigenvalue weighted by atomic mass is 10.0. The van der Waals surface area contributed by atoms with Gasteiger partial charge in [-0.2, -0.15) is 8.42 Å². The molecule has 1 aromatic rings. The van der Waals surface area contributed by atoms with E-state index in [1.807, 2.05) is 6.07 Å². The molecule has 0 radical (unpaired) electrons. The van der Waals surface area contributed by atoms with Crippen LogP contribution in [0.2, 0.25) is 0 Å². The molecule has 19 heavy (non-hydrogen) atoms. The van der Waals surface area contributed by atoms with Crippen LogP contribution in [0, 0.1) is 6.92 Å². The number of ether oxygens (including phenoxy) is 2. The van der Waals surface area contributed by atoms with Crippen LogP contribution in [0.1, 0.15) is 30.2 Å². The maximum atomic E-state index is 11.7. The molecule has 1 aromatic carbocycles. The van der Waals surface area contributed by atoms with E-state index in [9.17, 15) is 13.0 Å². The third-order valence-corrected chi connectivity index (χ3v) is 4.38. The first-order valence-corrected chi connectivity index (χ1v) is 7.55. The molecule has 106 valence electrons. The summed E-state index contributed by atoms with van der Waals surface area (Å²) >= 11 is 0. The van der Waals surface area contributed by atoms with Crippen molar-refractivity contribution in [3.8, 4) is 0 Å². The molecular weight excluding hydrogens is 268 g/mol. The molecule has 2 atom stereocenters. The summed E-state index contributed by atoms with van der Waals surface area (Å²) < 4.78 is 43.9. The third kappa shape index (κ3) is 3.14.